The molecule has 0 saturated carbocycles. The smallest absolute Gasteiger partial charge is 0.262 e. The van der Waals surface area contributed by atoms with Crippen molar-refractivity contribution in [3.63, 3.8) is 0 Å². The number of carbonyl (C=O) groups is 1. The van der Waals surface area contributed by atoms with Gasteiger partial charge in [0.2, 0.25) is 0 Å². The summed E-state index contributed by atoms with van der Waals surface area (Å²) in [6, 6.07) is 9.16. The first-order valence-corrected chi connectivity index (χ1v) is 9.99. The Labute approximate surface area is 175 Å². The predicted molar refractivity (Wildman–Crippen MR) is 112 cm³/mol. The standard InChI is InChI=1S/C22H16F2N4OS/c1-2-18-14(9-19(30-18)13-5-4-8-25-10-13)17-11-27-20(12-26-17)28-22(29)21-15(23)6-3-7-16(21)24/h3-12H,2H2,1H3,(H,27,28,29). The van der Waals surface area contributed by atoms with Crippen LogP contribution in [0.15, 0.2) is 61.2 Å². The number of nitrogens with zero attached hydrogens (tertiary/aromatic N) is 3. The van der Waals surface area contributed by atoms with Gasteiger partial charge in [-0.3, -0.25) is 14.8 Å². The summed E-state index contributed by atoms with van der Waals surface area (Å²) in [7, 11) is 0. The van der Waals surface area contributed by atoms with Gasteiger partial charge < -0.3 is 5.32 Å². The van der Waals surface area contributed by atoms with E-state index in [1.54, 1.807) is 23.7 Å². The number of pyridine rings is 1. The van der Waals surface area contributed by atoms with Crippen LogP contribution in [0.25, 0.3) is 21.7 Å². The lowest BCUT2D eigenvalue weighted by Crippen LogP contribution is -2.16. The molecule has 1 aromatic carbocycles. The van der Waals surface area contributed by atoms with Gasteiger partial charge in [-0.15, -0.1) is 11.3 Å². The van der Waals surface area contributed by atoms with Crippen molar-refractivity contribution >= 4 is 23.1 Å². The van der Waals surface area contributed by atoms with Crippen molar-refractivity contribution in [1.82, 2.24) is 15.0 Å². The van der Waals surface area contributed by atoms with E-state index in [1.165, 1.54) is 18.5 Å². The van der Waals surface area contributed by atoms with E-state index in [2.05, 4.69) is 27.2 Å². The van der Waals surface area contributed by atoms with Gasteiger partial charge in [0, 0.05) is 33.3 Å². The summed E-state index contributed by atoms with van der Waals surface area (Å²) in [5, 5.41) is 2.38. The molecule has 0 aliphatic rings. The van der Waals surface area contributed by atoms with Gasteiger partial charge in [0.1, 0.15) is 17.2 Å². The second-order valence-electron chi connectivity index (χ2n) is 6.38. The third kappa shape index (κ3) is 3.95. The Hall–Kier alpha value is -3.52. The number of hydrogen-bond donors (Lipinski definition) is 1. The first-order valence-electron chi connectivity index (χ1n) is 9.17. The molecule has 30 heavy (non-hydrogen) atoms. The normalized spacial score (nSPS) is 10.8. The molecular formula is C22H16F2N4OS. The maximum atomic E-state index is 13.8. The fourth-order valence-corrected chi connectivity index (χ4v) is 4.08. The monoisotopic (exact) mass is 422 g/mol. The molecule has 5 nitrogen and oxygen atoms in total. The van der Waals surface area contributed by atoms with Gasteiger partial charge in [0.15, 0.2) is 5.82 Å². The van der Waals surface area contributed by atoms with Crippen molar-refractivity contribution in [2.24, 2.45) is 0 Å². The lowest BCUT2D eigenvalue weighted by Gasteiger charge is -2.07. The molecule has 150 valence electrons. The summed E-state index contributed by atoms with van der Waals surface area (Å²) in [4.78, 5) is 27.2. The zero-order valence-electron chi connectivity index (χ0n) is 15.9. The van der Waals surface area contributed by atoms with Gasteiger partial charge in [0.25, 0.3) is 5.91 Å². The van der Waals surface area contributed by atoms with E-state index in [9.17, 15) is 13.6 Å². The molecule has 8 heteroatoms. The van der Waals surface area contributed by atoms with Gasteiger partial charge in [-0.25, -0.2) is 13.8 Å². The molecule has 0 saturated heterocycles. The minimum Gasteiger partial charge on any atom is -0.305 e. The molecule has 0 atom stereocenters. The Kier molecular flexibility index (Phi) is 5.58. The van der Waals surface area contributed by atoms with E-state index in [-0.39, 0.29) is 5.82 Å². The second-order valence-corrected chi connectivity index (χ2v) is 7.52. The summed E-state index contributed by atoms with van der Waals surface area (Å²) in [6.45, 7) is 2.06. The van der Waals surface area contributed by atoms with Crippen molar-refractivity contribution in [1.29, 1.82) is 0 Å². The van der Waals surface area contributed by atoms with Crippen LogP contribution in [0.3, 0.4) is 0 Å². The number of amides is 1. The zero-order valence-corrected chi connectivity index (χ0v) is 16.7. The highest BCUT2D eigenvalue weighted by Gasteiger charge is 2.18. The number of benzene rings is 1. The molecular weight excluding hydrogens is 406 g/mol. The zero-order chi connectivity index (χ0) is 21.1. The molecule has 1 amide bonds. The molecule has 0 radical (unpaired) electrons. The summed E-state index contributed by atoms with van der Waals surface area (Å²) in [5.74, 6) is -2.69. The summed E-state index contributed by atoms with van der Waals surface area (Å²) in [5.41, 5.74) is 1.96. The molecule has 4 rings (SSSR count). The number of nitrogens with one attached hydrogen (secondary N) is 1. The Morgan fingerprint density at radius 3 is 2.50 bits per heavy atom. The minimum atomic E-state index is -0.939. The molecule has 0 aliphatic carbocycles. The van der Waals surface area contributed by atoms with Crippen molar-refractivity contribution in [2.45, 2.75) is 13.3 Å². The lowest BCUT2D eigenvalue weighted by molar-refractivity contribution is 0.101. The van der Waals surface area contributed by atoms with Crippen LogP contribution in [0.2, 0.25) is 0 Å². The predicted octanol–water partition coefficient (Wildman–Crippen LogP) is 5.36. The number of carbonyl (C=O) groups excluding carboxylic acids is 1. The number of anilines is 1. The summed E-state index contributed by atoms with van der Waals surface area (Å²) in [6.07, 6.45) is 7.26. The van der Waals surface area contributed by atoms with Gasteiger partial charge in [-0.05, 0) is 30.7 Å². The summed E-state index contributed by atoms with van der Waals surface area (Å²) < 4.78 is 27.5. The molecule has 3 heterocycles. The Balaban J connectivity index is 1.58. The van der Waals surface area contributed by atoms with Crippen LogP contribution in [0.5, 0.6) is 0 Å². The van der Waals surface area contributed by atoms with E-state index in [4.69, 9.17) is 0 Å². The first kappa shape index (κ1) is 19.8. The average Bonchev–Trinajstić information content (AvgIpc) is 3.19. The number of aryl methyl sites for hydroxylation is 1. The van der Waals surface area contributed by atoms with Crippen molar-refractivity contribution in [3.8, 4) is 21.7 Å². The van der Waals surface area contributed by atoms with Crippen molar-refractivity contribution in [3.05, 3.63) is 83.3 Å². The van der Waals surface area contributed by atoms with E-state index >= 15 is 0 Å². The quantitative estimate of drug-likeness (QED) is 0.470. The molecule has 0 bridgehead atoms. The highest BCUT2D eigenvalue weighted by atomic mass is 32.1. The molecule has 3 aromatic heterocycles. The van der Waals surface area contributed by atoms with Crippen LogP contribution in [-0.2, 0) is 6.42 Å². The van der Waals surface area contributed by atoms with Gasteiger partial charge in [0.05, 0.1) is 18.1 Å². The maximum Gasteiger partial charge on any atom is 0.262 e. The third-order valence-electron chi connectivity index (χ3n) is 4.44. The van der Waals surface area contributed by atoms with Gasteiger partial charge in [-0.1, -0.05) is 19.1 Å². The highest BCUT2D eigenvalue weighted by molar-refractivity contribution is 7.16. The fourth-order valence-electron chi connectivity index (χ4n) is 2.98. The second kappa shape index (κ2) is 8.46. The first-order chi connectivity index (χ1) is 14.6. The number of thiophene rings is 1. The van der Waals surface area contributed by atoms with Crippen molar-refractivity contribution < 1.29 is 13.6 Å². The van der Waals surface area contributed by atoms with E-state index < -0.39 is 23.1 Å². The number of rotatable bonds is 5. The largest absolute Gasteiger partial charge is 0.305 e. The number of aromatic nitrogens is 3. The minimum absolute atomic E-state index is 0.104. The van der Waals surface area contributed by atoms with Crippen LogP contribution in [0.4, 0.5) is 14.6 Å². The van der Waals surface area contributed by atoms with Crippen molar-refractivity contribution in [2.75, 3.05) is 5.32 Å². The SMILES string of the molecule is CCc1sc(-c2cccnc2)cc1-c1cnc(NC(=O)c2c(F)cccc2F)cn1. The van der Waals surface area contributed by atoms with Crippen LogP contribution < -0.4 is 5.32 Å². The Morgan fingerprint density at radius 2 is 1.87 bits per heavy atom. The maximum absolute atomic E-state index is 13.8. The van der Waals surface area contributed by atoms with Gasteiger partial charge >= 0.3 is 0 Å². The lowest BCUT2D eigenvalue weighted by atomic mass is 10.1. The molecule has 0 fully saturated rings. The fraction of sp³-hybridized carbons (Fsp3) is 0.0909. The molecule has 1 N–H and O–H groups in total. The van der Waals surface area contributed by atoms with E-state index in [0.29, 0.717) is 5.69 Å². The Morgan fingerprint density at radius 1 is 1.07 bits per heavy atom. The summed E-state index contributed by atoms with van der Waals surface area (Å²) >= 11 is 1.66. The topological polar surface area (TPSA) is 67.8 Å². The molecule has 0 unspecified atom stereocenters. The highest BCUT2D eigenvalue weighted by Crippen LogP contribution is 2.36. The van der Waals surface area contributed by atoms with Crippen LogP contribution in [0, 0.1) is 11.6 Å². The Bertz CT molecular complexity index is 1170. The van der Waals surface area contributed by atoms with Crippen LogP contribution in [0.1, 0.15) is 22.2 Å². The molecule has 0 spiro atoms. The van der Waals surface area contributed by atoms with Crippen LogP contribution in [-0.4, -0.2) is 20.9 Å². The van der Waals surface area contributed by atoms with Crippen LogP contribution >= 0.6 is 11.3 Å². The number of hydrogen-bond acceptors (Lipinski definition) is 5. The number of halogens is 2. The third-order valence-corrected chi connectivity index (χ3v) is 5.76. The molecule has 4 aromatic rings. The average molecular weight is 422 g/mol. The molecule has 0 aliphatic heterocycles. The van der Waals surface area contributed by atoms with E-state index in [1.807, 2.05) is 18.2 Å². The van der Waals surface area contributed by atoms with Gasteiger partial charge in [-0.2, -0.15) is 0 Å². The van der Waals surface area contributed by atoms with E-state index in [0.717, 1.165) is 39.4 Å².